The van der Waals surface area contributed by atoms with Crippen molar-refractivity contribution in [2.45, 2.75) is 453 Å². The second kappa shape index (κ2) is 72.9. The molecule has 0 radical (unpaired) electrons. The minimum atomic E-state index is -4.96. The van der Waals surface area contributed by atoms with Crippen LogP contribution in [-0.2, 0) is 65.4 Å². The first-order chi connectivity index (χ1) is 49.6. The molecule has 0 aromatic carbocycles. The maximum Gasteiger partial charge on any atom is 0.472 e. The third-order valence-electron chi connectivity index (χ3n) is 19.9. The number of phosphoric acid groups is 2. The van der Waals surface area contributed by atoms with Gasteiger partial charge in [-0.1, -0.05) is 383 Å². The fourth-order valence-corrected chi connectivity index (χ4v) is 14.5. The molecule has 3 N–H and O–H groups in total. The summed E-state index contributed by atoms with van der Waals surface area (Å²) in [6, 6.07) is 0. The fraction of sp³-hybridized carbons (Fsp3) is 0.952. The Balaban J connectivity index is 5.24. The molecule has 612 valence electrons. The first kappa shape index (κ1) is 101. The Morgan fingerprint density at radius 2 is 0.466 bits per heavy atom. The summed E-state index contributed by atoms with van der Waals surface area (Å²) in [4.78, 5) is 73.1. The van der Waals surface area contributed by atoms with Gasteiger partial charge in [-0.2, -0.15) is 0 Å². The predicted molar refractivity (Wildman–Crippen MR) is 423 cm³/mol. The minimum absolute atomic E-state index is 0.107. The van der Waals surface area contributed by atoms with Gasteiger partial charge in [-0.15, -0.1) is 0 Å². The number of phosphoric ester groups is 2. The molecule has 0 aromatic rings. The molecule has 0 fully saturated rings. The monoisotopic (exact) mass is 1510 g/mol. The third kappa shape index (κ3) is 76.6. The number of carbonyl (C=O) groups excluding carboxylic acids is 4. The van der Waals surface area contributed by atoms with Crippen LogP contribution < -0.4 is 0 Å². The lowest BCUT2D eigenvalue weighted by molar-refractivity contribution is -0.161. The average Bonchev–Trinajstić information content (AvgIpc) is 1.09. The van der Waals surface area contributed by atoms with Gasteiger partial charge < -0.3 is 33.8 Å². The molecule has 0 spiro atoms. The van der Waals surface area contributed by atoms with Crippen molar-refractivity contribution in [2.24, 2.45) is 23.7 Å². The molecule has 0 heterocycles. The second-order valence-corrected chi connectivity index (χ2v) is 34.8. The van der Waals surface area contributed by atoms with Crippen molar-refractivity contribution >= 4 is 39.5 Å². The standard InChI is InChI=1S/C84H164O17P2/c1-9-77(8)63-55-47-39-31-25-19-14-16-22-28-34-42-51-59-67-84(89)101-80(71-95-82(87)65-57-49-43-35-38-46-54-62-76(6)7)73-99-103(92,93)97-69-78(85)68-96-102(90,91)98-72-79(70-94-81(86)64-56-48-40-32-26-20-15-13-18-24-30-37-45-53-61-75(4)5)100-83(88)66-58-50-41-33-27-21-12-10-11-17-23-29-36-44-52-60-74(2)3/h74-80,85H,9-73H2,1-8H3,(H,90,91)(H,92,93)/t77?,78?,79-,80-/m1/s1. The highest BCUT2D eigenvalue weighted by Crippen LogP contribution is 2.45. The van der Waals surface area contributed by atoms with E-state index in [4.69, 9.17) is 37.0 Å². The van der Waals surface area contributed by atoms with Crippen molar-refractivity contribution in [3.05, 3.63) is 0 Å². The lowest BCUT2D eigenvalue weighted by Gasteiger charge is -2.21. The van der Waals surface area contributed by atoms with E-state index in [-0.39, 0.29) is 25.7 Å². The maximum atomic E-state index is 13.1. The molecule has 0 saturated heterocycles. The highest BCUT2D eigenvalue weighted by atomic mass is 31.2. The molecular formula is C84H164O17P2. The summed E-state index contributed by atoms with van der Waals surface area (Å²) in [6.45, 7) is 14.3. The zero-order valence-electron chi connectivity index (χ0n) is 68.0. The van der Waals surface area contributed by atoms with Crippen LogP contribution in [0.1, 0.15) is 434 Å². The van der Waals surface area contributed by atoms with E-state index in [0.717, 1.165) is 114 Å². The molecular weight excluding hydrogens is 1340 g/mol. The van der Waals surface area contributed by atoms with Crippen LogP contribution in [0.3, 0.4) is 0 Å². The number of ether oxygens (including phenoxy) is 4. The van der Waals surface area contributed by atoms with Gasteiger partial charge in [0, 0.05) is 25.7 Å². The molecule has 6 atom stereocenters. The number of aliphatic hydroxyl groups is 1. The number of esters is 4. The van der Waals surface area contributed by atoms with E-state index in [0.29, 0.717) is 31.6 Å². The van der Waals surface area contributed by atoms with Crippen molar-refractivity contribution in [3.8, 4) is 0 Å². The quantitative estimate of drug-likeness (QED) is 0.0222. The van der Waals surface area contributed by atoms with Crippen molar-refractivity contribution < 1.29 is 80.2 Å². The van der Waals surface area contributed by atoms with Crippen LogP contribution in [0, 0.1) is 23.7 Å². The molecule has 0 amide bonds. The van der Waals surface area contributed by atoms with Gasteiger partial charge in [0.1, 0.15) is 19.3 Å². The van der Waals surface area contributed by atoms with Crippen molar-refractivity contribution in [1.82, 2.24) is 0 Å². The van der Waals surface area contributed by atoms with E-state index in [1.165, 1.54) is 231 Å². The van der Waals surface area contributed by atoms with E-state index in [1.807, 2.05) is 0 Å². The molecule has 0 aliphatic carbocycles. The topological polar surface area (TPSA) is 237 Å². The van der Waals surface area contributed by atoms with Gasteiger partial charge in [-0.3, -0.25) is 37.3 Å². The summed E-state index contributed by atoms with van der Waals surface area (Å²) in [7, 11) is -9.93. The Hall–Kier alpha value is -1.94. The van der Waals surface area contributed by atoms with Crippen molar-refractivity contribution in [1.29, 1.82) is 0 Å². The lowest BCUT2D eigenvalue weighted by Crippen LogP contribution is -2.30. The Bertz CT molecular complexity index is 2010. The predicted octanol–water partition coefficient (Wildman–Crippen LogP) is 25.2. The highest BCUT2D eigenvalue weighted by Gasteiger charge is 2.30. The Kier molecular flexibility index (Phi) is 71.5. The Labute approximate surface area is 632 Å². The van der Waals surface area contributed by atoms with Crippen LogP contribution in [0.15, 0.2) is 0 Å². The van der Waals surface area contributed by atoms with E-state index in [1.54, 1.807) is 0 Å². The van der Waals surface area contributed by atoms with E-state index < -0.39 is 97.5 Å². The summed E-state index contributed by atoms with van der Waals surface area (Å²) in [5, 5.41) is 10.7. The van der Waals surface area contributed by atoms with Crippen molar-refractivity contribution in [3.63, 3.8) is 0 Å². The molecule has 0 rings (SSSR count). The first-order valence-electron chi connectivity index (χ1n) is 43.2. The fourth-order valence-electron chi connectivity index (χ4n) is 12.9. The van der Waals surface area contributed by atoms with Gasteiger partial charge in [0.05, 0.1) is 26.4 Å². The number of aliphatic hydroxyl groups excluding tert-OH is 1. The van der Waals surface area contributed by atoms with Gasteiger partial charge >= 0.3 is 39.5 Å². The normalized spacial score (nSPS) is 14.2. The first-order valence-corrected chi connectivity index (χ1v) is 46.2. The molecule has 0 aliphatic heterocycles. The van der Waals surface area contributed by atoms with Crippen molar-refractivity contribution in [2.75, 3.05) is 39.6 Å². The average molecular weight is 1510 g/mol. The summed E-state index contributed by atoms with van der Waals surface area (Å²) in [6.07, 6.45) is 61.0. The summed E-state index contributed by atoms with van der Waals surface area (Å²) < 4.78 is 68.8. The second-order valence-electron chi connectivity index (χ2n) is 31.9. The third-order valence-corrected chi connectivity index (χ3v) is 21.8. The number of rotatable bonds is 81. The van der Waals surface area contributed by atoms with Gasteiger partial charge in [0.2, 0.25) is 0 Å². The number of carbonyl (C=O) groups is 4. The van der Waals surface area contributed by atoms with Crippen LogP contribution in [-0.4, -0.2) is 96.7 Å². The van der Waals surface area contributed by atoms with Crippen LogP contribution in [0.4, 0.5) is 0 Å². The molecule has 0 aromatic heterocycles. The molecule has 0 bridgehead atoms. The van der Waals surface area contributed by atoms with Crippen LogP contribution in [0.5, 0.6) is 0 Å². The van der Waals surface area contributed by atoms with Crippen LogP contribution in [0.25, 0.3) is 0 Å². The van der Waals surface area contributed by atoms with Gasteiger partial charge in [-0.05, 0) is 49.4 Å². The smallest absolute Gasteiger partial charge is 0.462 e. The van der Waals surface area contributed by atoms with Gasteiger partial charge in [-0.25, -0.2) is 9.13 Å². The van der Waals surface area contributed by atoms with Crippen LogP contribution >= 0.6 is 15.6 Å². The number of hydrogen-bond donors (Lipinski definition) is 3. The lowest BCUT2D eigenvalue weighted by atomic mass is 9.99. The highest BCUT2D eigenvalue weighted by molar-refractivity contribution is 7.47. The van der Waals surface area contributed by atoms with Gasteiger partial charge in [0.25, 0.3) is 0 Å². The van der Waals surface area contributed by atoms with Gasteiger partial charge in [0.15, 0.2) is 12.2 Å². The molecule has 0 saturated carbocycles. The molecule has 0 aliphatic rings. The van der Waals surface area contributed by atoms with E-state index >= 15 is 0 Å². The summed E-state index contributed by atoms with van der Waals surface area (Å²) in [5.74, 6) is 1.04. The Morgan fingerprint density at radius 1 is 0.272 bits per heavy atom. The van der Waals surface area contributed by atoms with E-state index in [9.17, 15) is 43.2 Å². The summed E-state index contributed by atoms with van der Waals surface area (Å²) >= 11 is 0. The minimum Gasteiger partial charge on any atom is -0.462 e. The molecule has 103 heavy (non-hydrogen) atoms. The largest absolute Gasteiger partial charge is 0.472 e. The van der Waals surface area contributed by atoms with E-state index in [2.05, 4.69) is 55.4 Å². The molecule has 4 unspecified atom stereocenters. The molecule has 17 nitrogen and oxygen atoms in total. The molecule has 19 heteroatoms. The SMILES string of the molecule is CCC(C)CCCCCCCCCCCCCCCCC(=O)O[C@H](COC(=O)CCCCCCCCCC(C)C)COP(=O)(O)OCC(O)COP(=O)(O)OC[C@@H](COC(=O)CCCCCCCCCCCCCCCCC(C)C)OC(=O)CCCCCCCCCCCCCCCCCC(C)C. The summed E-state index contributed by atoms with van der Waals surface area (Å²) in [5.41, 5.74) is 0. The zero-order chi connectivity index (χ0) is 76.0. The Morgan fingerprint density at radius 3 is 0.689 bits per heavy atom. The zero-order valence-corrected chi connectivity index (χ0v) is 69.7. The number of hydrogen-bond acceptors (Lipinski definition) is 15. The maximum absolute atomic E-state index is 13.1. The number of unbranched alkanes of at least 4 members (excludes halogenated alkanes) is 46. The van der Waals surface area contributed by atoms with Crippen LogP contribution in [0.2, 0.25) is 0 Å².